The normalized spacial score (nSPS) is 14.5. The molecule has 1 aliphatic rings. The van der Waals surface area contributed by atoms with Crippen molar-refractivity contribution in [3.05, 3.63) is 53.7 Å². The zero-order valence-corrected chi connectivity index (χ0v) is 15.1. The lowest BCUT2D eigenvalue weighted by atomic mass is 10.1. The van der Waals surface area contributed by atoms with E-state index in [2.05, 4.69) is 42.4 Å². The summed E-state index contributed by atoms with van der Waals surface area (Å²) in [5, 5.41) is 10.8. The summed E-state index contributed by atoms with van der Waals surface area (Å²) in [6.07, 6.45) is 3.24. The molecule has 0 fully saturated rings. The first kappa shape index (κ1) is 18.0. The fourth-order valence-electron chi connectivity index (χ4n) is 3.10. The number of anilines is 1. The monoisotopic (exact) mass is 383 g/mol. The number of esters is 1. The summed E-state index contributed by atoms with van der Waals surface area (Å²) in [6.45, 7) is 0.725. The van der Waals surface area contributed by atoms with Crippen LogP contribution in [0.1, 0.15) is 30.1 Å². The van der Waals surface area contributed by atoms with Crippen LogP contribution >= 0.6 is 0 Å². The zero-order chi connectivity index (χ0) is 19.5. The van der Waals surface area contributed by atoms with Crippen LogP contribution in [-0.4, -0.2) is 38.8 Å². The summed E-state index contributed by atoms with van der Waals surface area (Å²) in [5.41, 5.74) is 3.15. The van der Waals surface area contributed by atoms with Gasteiger partial charge in [0.25, 0.3) is 11.8 Å². The van der Waals surface area contributed by atoms with E-state index < -0.39 is 18.7 Å². The highest BCUT2D eigenvalue weighted by Gasteiger charge is 2.22. The summed E-state index contributed by atoms with van der Waals surface area (Å²) in [6, 6.07) is 8.59. The molecule has 2 heterocycles. The first-order chi connectivity index (χ1) is 13.6. The van der Waals surface area contributed by atoms with Gasteiger partial charge in [-0.1, -0.05) is 24.3 Å². The molecule has 1 unspecified atom stereocenters. The van der Waals surface area contributed by atoms with Crippen molar-refractivity contribution >= 4 is 11.9 Å². The molecular weight excluding hydrogens is 365 g/mol. The van der Waals surface area contributed by atoms with E-state index in [1.165, 1.54) is 30.4 Å². The van der Waals surface area contributed by atoms with Crippen molar-refractivity contribution in [2.75, 3.05) is 11.9 Å². The minimum Gasteiger partial charge on any atom is -0.462 e. The highest BCUT2D eigenvalue weighted by atomic mass is 19.1. The number of fused-ring (bicyclic) bond motifs is 1. The van der Waals surface area contributed by atoms with Crippen LogP contribution in [0.25, 0.3) is 11.5 Å². The number of carbonyl (C=O) groups excluding carboxylic acids is 1. The third-order valence-electron chi connectivity index (χ3n) is 4.42. The minimum atomic E-state index is -1.68. The van der Waals surface area contributed by atoms with Crippen LogP contribution in [0.4, 0.5) is 10.3 Å². The molecule has 3 aromatic rings. The number of benzene rings is 1. The lowest BCUT2D eigenvalue weighted by molar-refractivity contribution is -0.142. The van der Waals surface area contributed by atoms with E-state index in [1.54, 1.807) is 0 Å². The number of hydrogen-bond donors (Lipinski definition) is 1. The topological polar surface area (TPSA) is 103 Å². The third-order valence-corrected chi connectivity index (χ3v) is 4.42. The molecule has 144 valence electrons. The number of ether oxygens (including phenoxy) is 1. The van der Waals surface area contributed by atoms with E-state index in [9.17, 15) is 9.18 Å². The molecule has 0 saturated heterocycles. The van der Waals surface area contributed by atoms with Crippen LogP contribution in [-0.2, 0) is 22.4 Å². The lowest BCUT2D eigenvalue weighted by Gasteiger charge is -2.11. The number of hydrogen-bond acceptors (Lipinski definition) is 8. The molecule has 9 heteroatoms. The Morgan fingerprint density at radius 1 is 1.25 bits per heavy atom. The standard InChI is InChI=1S/C19H18FN5O3/c1-11(26)27-10-16(20)18-25-24-17(28-18)14-8-21-19(22-9-14)23-15-6-12-4-2-3-5-13(12)7-15/h2-5,8-9,15-16H,6-7,10H2,1H3,(H,21,22,23). The molecule has 4 rings (SSSR count). The summed E-state index contributed by atoms with van der Waals surface area (Å²) in [5.74, 6) is -0.244. The Morgan fingerprint density at radius 3 is 2.57 bits per heavy atom. The van der Waals surface area contributed by atoms with Crippen molar-refractivity contribution in [2.45, 2.75) is 32.0 Å². The van der Waals surface area contributed by atoms with Crippen LogP contribution in [0.5, 0.6) is 0 Å². The molecule has 0 bridgehead atoms. The maximum absolute atomic E-state index is 13.9. The second-order valence-corrected chi connectivity index (χ2v) is 6.53. The highest BCUT2D eigenvalue weighted by molar-refractivity contribution is 5.65. The van der Waals surface area contributed by atoms with Gasteiger partial charge in [-0.15, -0.1) is 10.2 Å². The Hall–Kier alpha value is -3.36. The Labute approximate surface area is 160 Å². The number of alkyl halides is 1. The molecule has 1 aromatic carbocycles. The summed E-state index contributed by atoms with van der Waals surface area (Å²) in [7, 11) is 0. The van der Waals surface area contributed by atoms with Crippen molar-refractivity contribution in [3.63, 3.8) is 0 Å². The van der Waals surface area contributed by atoms with Gasteiger partial charge in [0.2, 0.25) is 12.1 Å². The van der Waals surface area contributed by atoms with Gasteiger partial charge in [0.1, 0.15) is 6.61 Å². The molecule has 0 radical (unpaired) electrons. The minimum absolute atomic E-state index is 0.0975. The SMILES string of the molecule is CC(=O)OCC(F)c1nnc(-c2cnc(NC3Cc4ccccc4C3)nc2)o1. The maximum Gasteiger partial charge on any atom is 0.302 e. The third kappa shape index (κ3) is 3.98. The number of carbonyl (C=O) groups is 1. The Bertz CT molecular complexity index is 951. The second kappa shape index (κ2) is 7.71. The van der Waals surface area contributed by atoms with E-state index in [-0.39, 0.29) is 17.8 Å². The van der Waals surface area contributed by atoms with Crippen molar-refractivity contribution in [1.29, 1.82) is 0 Å². The van der Waals surface area contributed by atoms with Crippen LogP contribution in [0, 0.1) is 0 Å². The quantitative estimate of drug-likeness (QED) is 0.648. The predicted octanol–water partition coefficient (Wildman–Crippen LogP) is 2.68. The first-order valence-corrected chi connectivity index (χ1v) is 8.85. The Morgan fingerprint density at radius 2 is 1.93 bits per heavy atom. The largest absolute Gasteiger partial charge is 0.462 e. The van der Waals surface area contributed by atoms with E-state index in [0.717, 1.165) is 12.8 Å². The van der Waals surface area contributed by atoms with Gasteiger partial charge in [-0.2, -0.15) is 0 Å². The fourth-order valence-corrected chi connectivity index (χ4v) is 3.10. The fraction of sp³-hybridized carbons (Fsp3) is 0.316. The number of nitrogens with one attached hydrogen (secondary N) is 1. The molecule has 1 aliphatic carbocycles. The lowest BCUT2D eigenvalue weighted by Crippen LogP contribution is -2.20. The number of halogens is 1. The second-order valence-electron chi connectivity index (χ2n) is 6.53. The molecule has 8 nitrogen and oxygen atoms in total. The van der Waals surface area contributed by atoms with Crippen molar-refractivity contribution in [3.8, 4) is 11.5 Å². The summed E-state index contributed by atoms with van der Waals surface area (Å²) in [4.78, 5) is 19.3. The van der Waals surface area contributed by atoms with Gasteiger partial charge >= 0.3 is 5.97 Å². The zero-order valence-electron chi connectivity index (χ0n) is 15.1. The smallest absolute Gasteiger partial charge is 0.302 e. The number of rotatable bonds is 6. The van der Waals surface area contributed by atoms with E-state index in [4.69, 9.17) is 4.42 Å². The van der Waals surface area contributed by atoms with Crippen LogP contribution in [0.3, 0.4) is 0 Å². The Balaban J connectivity index is 1.38. The molecule has 0 spiro atoms. The van der Waals surface area contributed by atoms with Crippen molar-refractivity contribution in [1.82, 2.24) is 20.2 Å². The molecule has 1 N–H and O–H groups in total. The average molecular weight is 383 g/mol. The van der Waals surface area contributed by atoms with Gasteiger partial charge in [0, 0.05) is 25.4 Å². The maximum atomic E-state index is 13.9. The number of nitrogens with zero attached hydrogens (tertiary/aromatic N) is 4. The predicted molar refractivity (Wildman–Crippen MR) is 97.1 cm³/mol. The molecule has 0 saturated carbocycles. The van der Waals surface area contributed by atoms with Crippen LogP contribution in [0.15, 0.2) is 41.1 Å². The van der Waals surface area contributed by atoms with E-state index in [1.807, 2.05) is 12.1 Å². The molecule has 1 atom stereocenters. The van der Waals surface area contributed by atoms with Crippen LogP contribution in [0.2, 0.25) is 0 Å². The van der Waals surface area contributed by atoms with Crippen molar-refractivity contribution in [2.24, 2.45) is 0 Å². The van der Waals surface area contributed by atoms with Gasteiger partial charge in [-0.25, -0.2) is 14.4 Å². The van der Waals surface area contributed by atoms with Gasteiger partial charge in [0.15, 0.2) is 0 Å². The van der Waals surface area contributed by atoms with E-state index >= 15 is 0 Å². The highest BCUT2D eigenvalue weighted by Crippen LogP contribution is 2.25. The molecule has 0 amide bonds. The van der Waals surface area contributed by atoms with E-state index in [0.29, 0.717) is 11.5 Å². The average Bonchev–Trinajstić information content (AvgIpc) is 3.33. The molecular formula is C19H18FN5O3. The van der Waals surface area contributed by atoms with Crippen LogP contribution < -0.4 is 5.32 Å². The van der Waals surface area contributed by atoms with Crippen molar-refractivity contribution < 1.29 is 18.3 Å². The van der Waals surface area contributed by atoms with Gasteiger partial charge in [-0.05, 0) is 24.0 Å². The Kier molecular flexibility index (Phi) is 4.96. The molecule has 0 aliphatic heterocycles. The summed E-state index contributed by atoms with van der Waals surface area (Å²) < 4.78 is 23.8. The van der Waals surface area contributed by atoms with Gasteiger partial charge in [0.05, 0.1) is 5.56 Å². The molecule has 2 aromatic heterocycles. The first-order valence-electron chi connectivity index (χ1n) is 8.85. The summed E-state index contributed by atoms with van der Waals surface area (Å²) >= 11 is 0. The van der Waals surface area contributed by atoms with Gasteiger partial charge < -0.3 is 14.5 Å². The van der Waals surface area contributed by atoms with Gasteiger partial charge in [-0.3, -0.25) is 4.79 Å². The number of aromatic nitrogens is 4. The molecule has 28 heavy (non-hydrogen) atoms.